The number of halogens is 1. The Bertz CT molecular complexity index is 418. The van der Waals surface area contributed by atoms with Crippen molar-refractivity contribution in [3.63, 3.8) is 0 Å². The second kappa shape index (κ2) is 4.37. The van der Waals surface area contributed by atoms with E-state index in [9.17, 15) is 4.79 Å². The van der Waals surface area contributed by atoms with E-state index in [1.165, 1.54) is 0 Å². The quantitative estimate of drug-likeness (QED) is 0.760. The summed E-state index contributed by atoms with van der Waals surface area (Å²) in [6.07, 6.45) is 3.88. The summed E-state index contributed by atoms with van der Waals surface area (Å²) < 4.78 is 0. The highest BCUT2D eigenvalue weighted by Gasteiger charge is 2.33. The van der Waals surface area contributed by atoms with Gasteiger partial charge in [-0.25, -0.2) is 4.98 Å². The zero-order valence-corrected chi connectivity index (χ0v) is 10.2. The first-order chi connectivity index (χ1) is 7.67. The van der Waals surface area contributed by atoms with E-state index in [4.69, 9.17) is 11.6 Å². The summed E-state index contributed by atoms with van der Waals surface area (Å²) in [7, 11) is 0. The van der Waals surface area contributed by atoms with Crippen molar-refractivity contribution in [3.8, 4) is 0 Å². The van der Waals surface area contributed by atoms with Gasteiger partial charge in [-0.3, -0.25) is 9.69 Å². The van der Waals surface area contributed by atoms with Gasteiger partial charge >= 0.3 is 0 Å². The number of hydrogen-bond donors (Lipinski definition) is 0. The smallest absolute Gasteiger partial charge is 0.233 e. The summed E-state index contributed by atoms with van der Waals surface area (Å²) >= 11 is 5.77. The Balaban J connectivity index is 2.41. The number of rotatable bonds is 3. The van der Waals surface area contributed by atoms with Crippen LogP contribution in [0.2, 0.25) is 5.28 Å². The molecule has 0 unspecified atom stereocenters. The van der Waals surface area contributed by atoms with Crippen LogP contribution < -0.4 is 4.90 Å². The van der Waals surface area contributed by atoms with Gasteiger partial charge in [0.1, 0.15) is 5.82 Å². The zero-order chi connectivity index (χ0) is 11.7. The molecule has 0 N–H and O–H groups in total. The van der Waals surface area contributed by atoms with Crippen molar-refractivity contribution < 1.29 is 4.79 Å². The van der Waals surface area contributed by atoms with Crippen molar-refractivity contribution in [1.29, 1.82) is 0 Å². The minimum absolute atomic E-state index is 0.0975. The molecule has 2 rings (SSSR count). The number of carbonyl (C=O) groups excluding carboxylic acids is 1. The molecule has 1 aliphatic heterocycles. The average Bonchev–Trinajstić information content (AvgIpc) is 2.58. The first-order valence-electron chi connectivity index (χ1n) is 5.50. The molecule has 2 heterocycles. The zero-order valence-electron chi connectivity index (χ0n) is 9.40. The van der Waals surface area contributed by atoms with Gasteiger partial charge in [-0.2, -0.15) is 4.98 Å². The third-order valence-electron chi connectivity index (χ3n) is 2.96. The Morgan fingerprint density at radius 3 is 2.81 bits per heavy atom. The lowest BCUT2D eigenvalue weighted by Gasteiger charge is -2.25. The van der Waals surface area contributed by atoms with E-state index in [0.29, 0.717) is 12.2 Å². The largest absolute Gasteiger partial charge is 0.293 e. The fourth-order valence-corrected chi connectivity index (χ4v) is 2.24. The van der Waals surface area contributed by atoms with Crippen molar-refractivity contribution in [1.82, 2.24) is 9.97 Å². The van der Waals surface area contributed by atoms with Gasteiger partial charge in [0.05, 0.1) is 6.42 Å². The van der Waals surface area contributed by atoms with Crippen LogP contribution in [-0.4, -0.2) is 21.9 Å². The molecule has 0 spiro atoms. The molecule has 0 saturated heterocycles. The molecule has 0 aromatic carbocycles. The topological polar surface area (TPSA) is 46.1 Å². The molecule has 0 bridgehead atoms. The van der Waals surface area contributed by atoms with Gasteiger partial charge in [-0.1, -0.05) is 13.8 Å². The molecule has 4 nitrogen and oxygen atoms in total. The normalized spacial score (nSPS) is 14.8. The Morgan fingerprint density at radius 2 is 2.19 bits per heavy atom. The lowest BCUT2D eigenvalue weighted by molar-refractivity contribution is -0.117. The van der Waals surface area contributed by atoms with E-state index in [1.54, 1.807) is 11.1 Å². The molecule has 1 aromatic rings. The molecule has 0 atom stereocenters. The predicted octanol–water partition coefficient (Wildman–Crippen LogP) is 2.21. The first kappa shape index (κ1) is 11.3. The summed E-state index contributed by atoms with van der Waals surface area (Å²) in [4.78, 5) is 21.8. The maximum atomic E-state index is 11.9. The molecule has 86 valence electrons. The van der Waals surface area contributed by atoms with Crippen LogP contribution in [0, 0.1) is 0 Å². The van der Waals surface area contributed by atoms with E-state index in [2.05, 4.69) is 23.8 Å². The van der Waals surface area contributed by atoms with Gasteiger partial charge in [-0.15, -0.1) is 0 Å². The van der Waals surface area contributed by atoms with Crippen LogP contribution in [0.25, 0.3) is 0 Å². The maximum Gasteiger partial charge on any atom is 0.233 e. The fraction of sp³-hybridized carbons (Fsp3) is 0.545. The first-order valence-corrected chi connectivity index (χ1v) is 5.88. The van der Waals surface area contributed by atoms with Crippen LogP contribution in [0.4, 0.5) is 5.82 Å². The Hall–Kier alpha value is -1.16. The lowest BCUT2D eigenvalue weighted by atomic mass is 10.1. The number of aromatic nitrogens is 2. The van der Waals surface area contributed by atoms with Gasteiger partial charge in [0.2, 0.25) is 11.2 Å². The molecular formula is C11H14ClN3O. The molecule has 0 aliphatic carbocycles. The molecule has 0 fully saturated rings. The number of anilines is 1. The van der Waals surface area contributed by atoms with Crippen molar-refractivity contribution in [3.05, 3.63) is 17.0 Å². The van der Waals surface area contributed by atoms with Crippen molar-refractivity contribution in [2.45, 2.75) is 39.2 Å². The number of nitrogens with zero attached hydrogens (tertiary/aromatic N) is 3. The summed E-state index contributed by atoms with van der Waals surface area (Å²) in [6.45, 7) is 4.14. The second-order valence-electron chi connectivity index (χ2n) is 3.90. The number of amides is 1. The average molecular weight is 240 g/mol. The van der Waals surface area contributed by atoms with Crippen LogP contribution in [0.3, 0.4) is 0 Å². The van der Waals surface area contributed by atoms with Gasteiger partial charge < -0.3 is 0 Å². The highest BCUT2D eigenvalue weighted by Crippen LogP contribution is 2.30. The van der Waals surface area contributed by atoms with E-state index in [0.717, 1.165) is 18.4 Å². The third-order valence-corrected chi connectivity index (χ3v) is 3.14. The summed E-state index contributed by atoms with van der Waals surface area (Å²) in [5.41, 5.74) is 0.876. The van der Waals surface area contributed by atoms with Crippen LogP contribution in [0.15, 0.2) is 6.20 Å². The molecule has 0 saturated carbocycles. The van der Waals surface area contributed by atoms with Gasteiger partial charge in [0.15, 0.2) is 0 Å². The monoisotopic (exact) mass is 239 g/mol. The molecule has 16 heavy (non-hydrogen) atoms. The minimum Gasteiger partial charge on any atom is -0.293 e. The number of carbonyl (C=O) groups is 1. The van der Waals surface area contributed by atoms with Crippen LogP contribution >= 0.6 is 11.6 Å². The van der Waals surface area contributed by atoms with Crippen LogP contribution in [-0.2, 0) is 11.2 Å². The molecule has 0 radical (unpaired) electrons. The molecule has 1 amide bonds. The molecular weight excluding hydrogens is 226 g/mol. The maximum absolute atomic E-state index is 11.9. The van der Waals surface area contributed by atoms with Gasteiger partial charge in [0, 0.05) is 17.8 Å². The molecule has 5 heteroatoms. The lowest BCUT2D eigenvalue weighted by Crippen LogP contribution is -2.37. The number of fused-ring (bicyclic) bond motifs is 1. The van der Waals surface area contributed by atoms with Gasteiger partial charge in [0.25, 0.3) is 0 Å². The van der Waals surface area contributed by atoms with Gasteiger partial charge in [-0.05, 0) is 24.4 Å². The van der Waals surface area contributed by atoms with E-state index in [1.807, 2.05) is 0 Å². The summed E-state index contributed by atoms with van der Waals surface area (Å²) in [5.74, 6) is 0.791. The van der Waals surface area contributed by atoms with Crippen molar-refractivity contribution in [2.24, 2.45) is 0 Å². The fourth-order valence-electron chi connectivity index (χ4n) is 2.11. The van der Waals surface area contributed by atoms with Crippen molar-refractivity contribution >= 4 is 23.3 Å². The van der Waals surface area contributed by atoms with E-state index < -0.39 is 0 Å². The predicted molar refractivity (Wildman–Crippen MR) is 62.6 cm³/mol. The third kappa shape index (κ3) is 1.78. The Morgan fingerprint density at radius 1 is 1.50 bits per heavy atom. The minimum atomic E-state index is 0.0975. The highest BCUT2D eigenvalue weighted by molar-refractivity contribution is 6.28. The van der Waals surface area contributed by atoms with Crippen LogP contribution in [0.5, 0.6) is 0 Å². The summed E-state index contributed by atoms with van der Waals surface area (Å²) in [5, 5.41) is 0.199. The van der Waals surface area contributed by atoms with Crippen LogP contribution in [0.1, 0.15) is 32.3 Å². The number of hydrogen-bond acceptors (Lipinski definition) is 3. The van der Waals surface area contributed by atoms with E-state index >= 15 is 0 Å². The van der Waals surface area contributed by atoms with E-state index in [-0.39, 0.29) is 17.2 Å². The highest BCUT2D eigenvalue weighted by atomic mass is 35.5. The Labute approximate surface area is 99.6 Å². The molecule has 1 aliphatic rings. The molecule has 1 aromatic heterocycles. The second-order valence-corrected chi connectivity index (χ2v) is 4.24. The van der Waals surface area contributed by atoms with Crippen molar-refractivity contribution in [2.75, 3.05) is 4.90 Å². The Kier molecular flexibility index (Phi) is 3.10. The standard InChI is InChI=1S/C11H14ClN3O/c1-3-8(4-2)15-9(16)5-7-6-13-11(12)14-10(7)15/h6,8H,3-5H2,1-2H3. The SMILES string of the molecule is CCC(CC)N1C(=O)Cc2cnc(Cl)nc21. The summed E-state index contributed by atoms with van der Waals surface area (Å²) in [6, 6.07) is 0.208.